The average Bonchev–Trinajstić information content (AvgIpc) is 3.32. The van der Waals surface area contributed by atoms with Gasteiger partial charge in [0, 0.05) is 12.8 Å². The summed E-state index contributed by atoms with van der Waals surface area (Å²) < 4.78 is 64.8. The molecule has 4 bridgehead atoms. The molecular formula is C27H29F3N4O5. The highest BCUT2D eigenvalue weighted by Crippen LogP contribution is 2.41. The molecule has 2 aromatic heterocycles. The van der Waals surface area contributed by atoms with Crippen molar-refractivity contribution in [2.45, 2.75) is 71.1 Å². The number of aromatic nitrogens is 3. The second-order valence-electron chi connectivity index (χ2n) is 9.96. The maximum absolute atomic E-state index is 14.0. The Bertz CT molecular complexity index is 1320. The summed E-state index contributed by atoms with van der Waals surface area (Å²) in [4.78, 5) is 16.6. The van der Waals surface area contributed by atoms with Crippen LogP contribution in [-0.4, -0.2) is 33.0 Å². The molecule has 9 nitrogen and oxygen atoms in total. The SMILES string of the molecule is C[C@@H]1C/C=C/C[C@@H](OCc2ccccc2)c2nnc(o2)-c2nc(c(C(F)(F)F)cc2NC(=O)OC(C)(C)C)O1. The Labute approximate surface area is 223 Å². The predicted molar refractivity (Wildman–Crippen MR) is 135 cm³/mol. The Morgan fingerprint density at radius 1 is 1.10 bits per heavy atom. The summed E-state index contributed by atoms with van der Waals surface area (Å²) in [6.07, 6.45) is -2.82. The molecule has 208 valence electrons. The van der Waals surface area contributed by atoms with Gasteiger partial charge in [-0.25, -0.2) is 9.78 Å². The third-order valence-electron chi connectivity index (χ3n) is 5.44. The smallest absolute Gasteiger partial charge is 0.421 e. The molecule has 1 aromatic carbocycles. The molecule has 1 amide bonds. The molecule has 0 fully saturated rings. The number of nitrogens with one attached hydrogen (secondary N) is 1. The van der Waals surface area contributed by atoms with Gasteiger partial charge in [-0.3, -0.25) is 5.32 Å². The van der Waals surface area contributed by atoms with Crippen LogP contribution in [0.25, 0.3) is 11.6 Å². The van der Waals surface area contributed by atoms with Gasteiger partial charge in [0.2, 0.25) is 11.8 Å². The molecule has 0 unspecified atom stereocenters. The zero-order valence-electron chi connectivity index (χ0n) is 21.9. The van der Waals surface area contributed by atoms with E-state index in [0.717, 1.165) is 11.6 Å². The van der Waals surface area contributed by atoms with E-state index in [-0.39, 0.29) is 29.8 Å². The monoisotopic (exact) mass is 546 g/mol. The van der Waals surface area contributed by atoms with Gasteiger partial charge in [0.25, 0.3) is 5.89 Å². The van der Waals surface area contributed by atoms with Crippen molar-refractivity contribution in [2.24, 2.45) is 0 Å². The molecule has 0 spiro atoms. The molecule has 3 heterocycles. The minimum absolute atomic E-state index is 0.102. The molecule has 1 aliphatic heterocycles. The summed E-state index contributed by atoms with van der Waals surface area (Å²) in [5.41, 5.74) is -1.67. The summed E-state index contributed by atoms with van der Waals surface area (Å²) in [5, 5.41) is 10.4. The third kappa shape index (κ3) is 7.56. The first-order chi connectivity index (χ1) is 18.4. The number of alkyl halides is 3. The summed E-state index contributed by atoms with van der Waals surface area (Å²) >= 11 is 0. The lowest BCUT2D eigenvalue weighted by atomic mass is 10.1. The van der Waals surface area contributed by atoms with E-state index in [1.807, 2.05) is 36.4 Å². The van der Waals surface area contributed by atoms with Crippen LogP contribution in [0.4, 0.5) is 23.7 Å². The molecule has 0 aliphatic carbocycles. The summed E-state index contributed by atoms with van der Waals surface area (Å²) in [6, 6.07) is 10.2. The number of benzene rings is 1. The molecular weight excluding hydrogens is 517 g/mol. The summed E-state index contributed by atoms with van der Waals surface area (Å²) in [5.74, 6) is -0.798. The van der Waals surface area contributed by atoms with E-state index >= 15 is 0 Å². The highest BCUT2D eigenvalue weighted by Gasteiger charge is 2.38. The van der Waals surface area contributed by atoms with Crippen LogP contribution in [-0.2, 0) is 22.3 Å². The van der Waals surface area contributed by atoms with Gasteiger partial charge in [-0.1, -0.05) is 42.5 Å². The summed E-state index contributed by atoms with van der Waals surface area (Å²) in [7, 11) is 0. The van der Waals surface area contributed by atoms with Gasteiger partial charge in [-0.15, -0.1) is 10.2 Å². The fourth-order valence-corrected chi connectivity index (χ4v) is 3.68. The van der Waals surface area contributed by atoms with Crippen LogP contribution in [0.15, 0.2) is 53.0 Å². The van der Waals surface area contributed by atoms with Crippen molar-refractivity contribution >= 4 is 11.8 Å². The van der Waals surface area contributed by atoms with Crippen molar-refractivity contribution in [3.8, 4) is 17.5 Å². The highest BCUT2D eigenvalue weighted by atomic mass is 19.4. The molecule has 39 heavy (non-hydrogen) atoms. The Morgan fingerprint density at radius 3 is 2.51 bits per heavy atom. The Balaban J connectivity index is 1.76. The number of pyridine rings is 1. The van der Waals surface area contributed by atoms with E-state index < -0.39 is 41.5 Å². The number of nitrogens with zero attached hydrogens (tertiary/aromatic N) is 3. The number of hydrogen-bond donors (Lipinski definition) is 1. The molecule has 3 aromatic rings. The van der Waals surface area contributed by atoms with Crippen LogP contribution in [0.2, 0.25) is 0 Å². The third-order valence-corrected chi connectivity index (χ3v) is 5.44. The zero-order valence-corrected chi connectivity index (χ0v) is 21.9. The number of fused-ring (bicyclic) bond motifs is 5. The minimum Gasteiger partial charge on any atom is -0.474 e. The van der Waals surface area contributed by atoms with Crippen molar-refractivity contribution in [1.82, 2.24) is 15.2 Å². The van der Waals surface area contributed by atoms with Crippen molar-refractivity contribution in [2.75, 3.05) is 5.32 Å². The predicted octanol–water partition coefficient (Wildman–Crippen LogP) is 6.87. The normalized spacial score (nSPS) is 18.6. The van der Waals surface area contributed by atoms with Crippen LogP contribution in [0.5, 0.6) is 5.88 Å². The second-order valence-corrected chi connectivity index (χ2v) is 9.96. The molecule has 0 saturated heterocycles. The van der Waals surface area contributed by atoms with E-state index in [4.69, 9.17) is 18.6 Å². The number of amides is 1. The standard InChI is InChI=1S/C27H29F3N4O5/c1-16-10-8-9-13-20(36-15-17-11-6-5-7-12-17)23-33-34-24(38-23)21-19(31-25(35)39-26(2,3)4)14-18(27(28,29)30)22(32-21)37-16/h5-9,11-12,14,16,20H,10,13,15H2,1-4H3,(H,31,35)/b9-8+/t16-,20-/m1/s1. The number of carbonyl (C=O) groups excluding carboxylic acids is 1. The maximum atomic E-state index is 14.0. The van der Waals surface area contributed by atoms with Gasteiger partial charge in [0.15, 0.2) is 5.69 Å². The van der Waals surface area contributed by atoms with Gasteiger partial charge in [-0.2, -0.15) is 13.2 Å². The lowest BCUT2D eigenvalue weighted by Gasteiger charge is -2.22. The average molecular weight is 547 g/mol. The van der Waals surface area contributed by atoms with Gasteiger partial charge < -0.3 is 18.6 Å². The molecule has 4 rings (SSSR count). The van der Waals surface area contributed by atoms with Crippen LogP contribution >= 0.6 is 0 Å². The Morgan fingerprint density at radius 2 is 1.82 bits per heavy atom. The van der Waals surface area contributed by atoms with E-state index in [9.17, 15) is 18.0 Å². The lowest BCUT2D eigenvalue weighted by molar-refractivity contribution is -0.139. The van der Waals surface area contributed by atoms with Crippen molar-refractivity contribution < 1.29 is 36.6 Å². The molecule has 12 heteroatoms. The molecule has 1 N–H and O–H groups in total. The van der Waals surface area contributed by atoms with E-state index in [2.05, 4.69) is 20.5 Å². The Kier molecular flexibility index (Phi) is 8.24. The lowest BCUT2D eigenvalue weighted by Crippen LogP contribution is -2.27. The fraction of sp³-hybridized carbons (Fsp3) is 0.407. The first-order valence-corrected chi connectivity index (χ1v) is 12.3. The van der Waals surface area contributed by atoms with Gasteiger partial charge >= 0.3 is 12.3 Å². The van der Waals surface area contributed by atoms with Crippen molar-refractivity contribution in [3.05, 3.63) is 65.6 Å². The largest absolute Gasteiger partial charge is 0.474 e. The van der Waals surface area contributed by atoms with Crippen molar-refractivity contribution in [3.63, 3.8) is 0 Å². The van der Waals surface area contributed by atoms with Crippen LogP contribution < -0.4 is 10.1 Å². The van der Waals surface area contributed by atoms with Gasteiger partial charge in [-0.05, 0) is 39.3 Å². The topological polar surface area (TPSA) is 109 Å². The first-order valence-electron chi connectivity index (χ1n) is 12.3. The van der Waals surface area contributed by atoms with E-state index in [0.29, 0.717) is 12.8 Å². The van der Waals surface area contributed by atoms with Gasteiger partial charge in [0.1, 0.15) is 23.4 Å². The number of ether oxygens (including phenoxy) is 3. The molecule has 1 aliphatic rings. The van der Waals surface area contributed by atoms with Crippen LogP contribution in [0, 0.1) is 0 Å². The number of halogens is 3. The van der Waals surface area contributed by atoms with Crippen molar-refractivity contribution in [1.29, 1.82) is 0 Å². The highest BCUT2D eigenvalue weighted by molar-refractivity contribution is 5.89. The number of rotatable bonds is 4. The minimum atomic E-state index is -4.83. The van der Waals surface area contributed by atoms with Crippen LogP contribution in [0.3, 0.4) is 0 Å². The molecule has 0 saturated carbocycles. The fourth-order valence-electron chi connectivity index (χ4n) is 3.68. The first kappa shape index (κ1) is 28.1. The van der Waals surface area contributed by atoms with Crippen LogP contribution in [0.1, 0.15) is 63.7 Å². The van der Waals surface area contributed by atoms with E-state index in [1.165, 1.54) is 0 Å². The Hall–Kier alpha value is -3.93. The zero-order chi connectivity index (χ0) is 28.2. The van der Waals surface area contributed by atoms with Gasteiger partial charge in [0.05, 0.1) is 12.3 Å². The maximum Gasteiger partial charge on any atom is 0.421 e. The number of hydrogen-bond acceptors (Lipinski definition) is 8. The molecule has 2 atom stereocenters. The summed E-state index contributed by atoms with van der Waals surface area (Å²) in [6.45, 7) is 6.78. The number of carbonyl (C=O) groups is 1. The molecule has 0 radical (unpaired) electrons. The van der Waals surface area contributed by atoms with E-state index in [1.54, 1.807) is 33.8 Å². The second kappa shape index (κ2) is 11.4. The number of anilines is 1. The quantitative estimate of drug-likeness (QED) is 0.353.